The van der Waals surface area contributed by atoms with Crippen LogP contribution in [0.2, 0.25) is 0 Å². The van der Waals surface area contributed by atoms with E-state index in [9.17, 15) is 33.9 Å². The number of hydrogen-bond donors (Lipinski definition) is 8. The monoisotopic (exact) mass is 479 g/mol. The van der Waals surface area contributed by atoms with Crippen LogP contribution in [-0.4, -0.2) is 93.2 Å². The lowest BCUT2D eigenvalue weighted by Gasteiger charge is -2.26. The zero-order valence-electron chi connectivity index (χ0n) is 17.6. The van der Waals surface area contributed by atoms with Crippen molar-refractivity contribution < 1.29 is 44.1 Å². The van der Waals surface area contributed by atoms with Gasteiger partial charge in [-0.3, -0.25) is 24.0 Å². The minimum Gasteiger partial charge on any atom is -0.481 e. The van der Waals surface area contributed by atoms with Crippen molar-refractivity contribution in [1.29, 1.82) is 0 Å². The third-order valence-corrected chi connectivity index (χ3v) is 4.70. The molecule has 0 aromatic heterocycles. The smallest absolute Gasteiger partial charge is 0.326 e. The van der Waals surface area contributed by atoms with Gasteiger partial charge >= 0.3 is 11.9 Å². The van der Waals surface area contributed by atoms with Crippen molar-refractivity contribution in [2.45, 2.75) is 56.5 Å². The molecule has 14 nitrogen and oxygen atoms in total. The number of carbonyl (C=O) groups is 6. The maximum atomic E-state index is 12.7. The van der Waals surface area contributed by atoms with Crippen LogP contribution in [0.4, 0.5) is 0 Å². The number of nitrogens with two attached hydrogens (primary N) is 2. The molecule has 0 aliphatic carbocycles. The maximum Gasteiger partial charge on any atom is 0.326 e. The molecule has 0 heterocycles. The first-order valence-corrected chi connectivity index (χ1v) is 10.8. The summed E-state index contributed by atoms with van der Waals surface area (Å²) in [5, 5.41) is 34.2. The molecule has 15 heteroatoms. The molecule has 0 aromatic rings. The Morgan fingerprint density at radius 1 is 0.906 bits per heavy atom. The van der Waals surface area contributed by atoms with E-state index in [0.29, 0.717) is 5.75 Å². The molecule has 0 aliphatic rings. The molecule has 0 saturated carbocycles. The third kappa shape index (κ3) is 10.9. The molecule has 0 aliphatic heterocycles. The quantitative estimate of drug-likeness (QED) is 0.114. The van der Waals surface area contributed by atoms with Gasteiger partial charge in [0.05, 0.1) is 25.0 Å². The number of nitrogens with one attached hydrogen (secondary N) is 3. The normalized spacial score (nSPS) is 15.4. The molecule has 10 N–H and O–H groups in total. The van der Waals surface area contributed by atoms with Gasteiger partial charge < -0.3 is 42.7 Å². The minimum atomic E-state index is -1.79. The van der Waals surface area contributed by atoms with Crippen molar-refractivity contribution in [1.82, 2.24) is 16.0 Å². The molecule has 0 rings (SSSR count). The molecule has 0 spiro atoms. The van der Waals surface area contributed by atoms with Crippen LogP contribution < -0.4 is 27.4 Å². The number of hydrogen-bond acceptors (Lipinski definition) is 9. The number of rotatable bonds is 15. The molecule has 0 bridgehead atoms. The second kappa shape index (κ2) is 14.2. The highest BCUT2D eigenvalue weighted by Gasteiger charge is 2.33. The van der Waals surface area contributed by atoms with Crippen molar-refractivity contribution in [3.05, 3.63) is 0 Å². The van der Waals surface area contributed by atoms with E-state index in [4.69, 9.17) is 21.7 Å². The van der Waals surface area contributed by atoms with Gasteiger partial charge in [0.15, 0.2) is 0 Å². The van der Waals surface area contributed by atoms with Crippen LogP contribution in [0.1, 0.15) is 26.2 Å². The van der Waals surface area contributed by atoms with Crippen molar-refractivity contribution in [2.24, 2.45) is 11.5 Å². The molecular weight excluding hydrogens is 450 g/mol. The summed E-state index contributed by atoms with van der Waals surface area (Å²) in [5.74, 6) is -6.37. The Morgan fingerprint density at radius 2 is 1.47 bits per heavy atom. The highest BCUT2D eigenvalue weighted by molar-refractivity contribution is 7.98. The molecule has 5 unspecified atom stereocenters. The number of carboxylic acids is 2. The second-order valence-corrected chi connectivity index (χ2v) is 7.83. The van der Waals surface area contributed by atoms with E-state index in [0.717, 1.165) is 6.92 Å². The Balaban J connectivity index is 5.40. The summed E-state index contributed by atoms with van der Waals surface area (Å²) in [4.78, 5) is 70.1. The summed E-state index contributed by atoms with van der Waals surface area (Å²) in [6.07, 6.45) is -1.02. The highest BCUT2D eigenvalue weighted by atomic mass is 32.2. The Labute approximate surface area is 187 Å². The molecule has 0 aromatic carbocycles. The number of amides is 4. The number of aliphatic hydroxyl groups is 1. The van der Waals surface area contributed by atoms with Crippen LogP contribution >= 0.6 is 11.8 Å². The van der Waals surface area contributed by atoms with E-state index in [-0.39, 0.29) is 6.42 Å². The lowest BCUT2D eigenvalue weighted by atomic mass is 10.1. The summed E-state index contributed by atoms with van der Waals surface area (Å²) in [5.41, 5.74) is 10.6. The molecule has 32 heavy (non-hydrogen) atoms. The fourth-order valence-electron chi connectivity index (χ4n) is 2.39. The fraction of sp³-hybridized carbons (Fsp3) is 0.647. The van der Waals surface area contributed by atoms with Crippen LogP contribution in [0, 0.1) is 0 Å². The molecule has 0 fully saturated rings. The third-order valence-electron chi connectivity index (χ3n) is 4.06. The fourth-order valence-corrected chi connectivity index (χ4v) is 2.86. The van der Waals surface area contributed by atoms with Gasteiger partial charge in [0.1, 0.15) is 18.1 Å². The first kappa shape index (κ1) is 29.1. The summed E-state index contributed by atoms with van der Waals surface area (Å²) in [6.45, 7) is 1.15. The largest absolute Gasteiger partial charge is 0.481 e. The topological polar surface area (TPSA) is 251 Å². The first-order valence-electron chi connectivity index (χ1n) is 9.36. The molecular formula is C17H29N5O9S. The van der Waals surface area contributed by atoms with Crippen molar-refractivity contribution in [2.75, 3.05) is 12.0 Å². The lowest BCUT2D eigenvalue weighted by Crippen LogP contribution is -2.60. The summed E-state index contributed by atoms with van der Waals surface area (Å²) < 4.78 is 0. The van der Waals surface area contributed by atoms with Crippen LogP contribution in [0.3, 0.4) is 0 Å². The van der Waals surface area contributed by atoms with Gasteiger partial charge in [-0.1, -0.05) is 0 Å². The summed E-state index contributed by atoms with van der Waals surface area (Å²) in [7, 11) is 0. The molecule has 182 valence electrons. The van der Waals surface area contributed by atoms with Gasteiger partial charge in [-0.25, -0.2) is 4.79 Å². The maximum absolute atomic E-state index is 12.7. The SMILES string of the molecule is CSCCC(NC(=O)C(N)CC(N)=O)C(=O)NC(C(=O)NC(CC(=O)O)C(=O)O)C(C)O. The Hall–Kier alpha value is -2.91. The van der Waals surface area contributed by atoms with Crippen molar-refractivity contribution >= 4 is 47.3 Å². The molecule has 0 saturated heterocycles. The minimum absolute atomic E-state index is 0.104. The van der Waals surface area contributed by atoms with Gasteiger partial charge in [-0.2, -0.15) is 11.8 Å². The van der Waals surface area contributed by atoms with E-state index < -0.39 is 78.7 Å². The van der Waals surface area contributed by atoms with Crippen LogP contribution in [-0.2, 0) is 28.8 Å². The summed E-state index contributed by atoms with van der Waals surface area (Å²) >= 11 is 1.36. The van der Waals surface area contributed by atoms with E-state index in [1.54, 1.807) is 6.26 Å². The van der Waals surface area contributed by atoms with Gasteiger partial charge in [-0.15, -0.1) is 0 Å². The van der Waals surface area contributed by atoms with E-state index >= 15 is 0 Å². The van der Waals surface area contributed by atoms with Gasteiger partial charge in [0, 0.05) is 0 Å². The summed E-state index contributed by atoms with van der Waals surface area (Å²) in [6, 6.07) is -5.94. The molecule has 4 amide bonds. The van der Waals surface area contributed by atoms with Crippen LogP contribution in [0.5, 0.6) is 0 Å². The average Bonchev–Trinajstić information content (AvgIpc) is 2.66. The van der Waals surface area contributed by atoms with Gasteiger partial charge in [0.25, 0.3) is 0 Å². The Kier molecular flexibility index (Phi) is 12.9. The number of aliphatic hydroxyl groups excluding tert-OH is 1. The predicted octanol–water partition coefficient (Wildman–Crippen LogP) is -3.66. The Bertz CT molecular complexity index is 719. The zero-order valence-corrected chi connectivity index (χ0v) is 18.4. The number of aliphatic carboxylic acids is 2. The number of primary amides is 1. The second-order valence-electron chi connectivity index (χ2n) is 6.84. The van der Waals surface area contributed by atoms with Crippen LogP contribution in [0.15, 0.2) is 0 Å². The van der Waals surface area contributed by atoms with E-state index in [2.05, 4.69) is 10.6 Å². The number of carbonyl (C=O) groups excluding carboxylic acids is 4. The van der Waals surface area contributed by atoms with Gasteiger partial charge in [0.2, 0.25) is 23.6 Å². The highest BCUT2D eigenvalue weighted by Crippen LogP contribution is 2.05. The van der Waals surface area contributed by atoms with Crippen molar-refractivity contribution in [3.8, 4) is 0 Å². The Morgan fingerprint density at radius 3 is 1.91 bits per heavy atom. The zero-order chi connectivity index (χ0) is 25.0. The lowest BCUT2D eigenvalue weighted by molar-refractivity contribution is -0.148. The predicted molar refractivity (Wildman–Crippen MR) is 112 cm³/mol. The van der Waals surface area contributed by atoms with Crippen LogP contribution in [0.25, 0.3) is 0 Å². The van der Waals surface area contributed by atoms with Crippen molar-refractivity contribution in [3.63, 3.8) is 0 Å². The number of thioether (sulfide) groups is 1. The molecule has 5 atom stereocenters. The molecule has 0 radical (unpaired) electrons. The standard InChI is InChI=1S/C17H29N5O9S/c1-7(23)13(16(29)21-10(17(30)31)6-12(25)26)22-15(28)9(3-4-32-2)20-14(27)8(18)5-11(19)24/h7-10,13,23H,3-6,18H2,1-2H3,(H2,19,24)(H,20,27)(H,21,29)(H,22,28)(H,25,26)(H,30,31). The van der Waals surface area contributed by atoms with Gasteiger partial charge in [-0.05, 0) is 25.4 Å². The first-order chi connectivity index (χ1) is 14.8. The van der Waals surface area contributed by atoms with E-state index in [1.165, 1.54) is 11.8 Å². The average molecular weight is 480 g/mol. The van der Waals surface area contributed by atoms with E-state index in [1.807, 2.05) is 5.32 Å². The number of carboxylic acid groups (broad SMARTS) is 2.